The monoisotopic (exact) mass is 390 g/mol. The van der Waals surface area contributed by atoms with Crippen molar-refractivity contribution in [2.45, 2.75) is 6.92 Å². The van der Waals surface area contributed by atoms with E-state index in [0.717, 1.165) is 11.1 Å². The summed E-state index contributed by atoms with van der Waals surface area (Å²) in [6.45, 7) is 1.96. The molecular formula is C23H15ClO4. The highest BCUT2D eigenvalue weighted by Gasteiger charge is 2.28. The molecule has 0 bridgehead atoms. The Bertz CT molecular complexity index is 1130. The number of benzene rings is 3. The molecule has 0 atom stereocenters. The van der Waals surface area contributed by atoms with E-state index in [1.807, 2.05) is 31.2 Å². The Morgan fingerprint density at radius 1 is 1.04 bits per heavy atom. The average Bonchev–Trinajstić information content (AvgIpc) is 2.98. The van der Waals surface area contributed by atoms with Gasteiger partial charge in [-0.2, -0.15) is 0 Å². The van der Waals surface area contributed by atoms with Crippen LogP contribution in [0, 0.1) is 6.92 Å². The molecule has 3 aromatic rings. The van der Waals surface area contributed by atoms with Gasteiger partial charge in [0.2, 0.25) is 5.78 Å². The number of aryl methyl sites for hydroxylation is 1. The third kappa shape index (κ3) is 3.55. The fourth-order valence-electron chi connectivity index (χ4n) is 2.90. The molecule has 3 aromatic carbocycles. The molecule has 0 saturated carbocycles. The Morgan fingerprint density at radius 3 is 2.64 bits per heavy atom. The second-order valence-electron chi connectivity index (χ2n) is 6.35. The van der Waals surface area contributed by atoms with E-state index in [9.17, 15) is 9.59 Å². The highest BCUT2D eigenvalue weighted by atomic mass is 35.5. The summed E-state index contributed by atoms with van der Waals surface area (Å²) >= 11 is 5.91. The number of halogens is 1. The molecule has 0 N–H and O–H groups in total. The number of allylic oxidation sites excluding steroid dienone is 1. The zero-order valence-electron chi connectivity index (χ0n) is 14.9. The van der Waals surface area contributed by atoms with Crippen LogP contribution in [-0.2, 0) is 0 Å². The molecule has 0 radical (unpaired) electrons. The molecule has 4 rings (SSSR count). The van der Waals surface area contributed by atoms with Crippen LogP contribution in [0.25, 0.3) is 6.08 Å². The summed E-state index contributed by atoms with van der Waals surface area (Å²) < 4.78 is 11.1. The molecule has 138 valence electrons. The first-order chi connectivity index (χ1) is 13.5. The summed E-state index contributed by atoms with van der Waals surface area (Å²) in [7, 11) is 0. The summed E-state index contributed by atoms with van der Waals surface area (Å²) in [5.74, 6) is 0.144. The Balaban J connectivity index is 1.57. The highest BCUT2D eigenvalue weighted by Crippen LogP contribution is 2.35. The molecule has 1 heterocycles. The topological polar surface area (TPSA) is 52.6 Å². The van der Waals surface area contributed by atoms with E-state index < -0.39 is 5.97 Å². The van der Waals surface area contributed by atoms with Crippen molar-refractivity contribution in [3.8, 4) is 11.5 Å². The molecular weight excluding hydrogens is 376 g/mol. The predicted octanol–water partition coefficient (Wildman–Crippen LogP) is 5.48. The Kier molecular flexibility index (Phi) is 4.72. The van der Waals surface area contributed by atoms with E-state index in [0.29, 0.717) is 21.9 Å². The van der Waals surface area contributed by atoms with Crippen LogP contribution < -0.4 is 9.47 Å². The molecule has 0 amide bonds. The zero-order valence-corrected chi connectivity index (χ0v) is 15.7. The molecule has 4 nitrogen and oxygen atoms in total. The van der Waals surface area contributed by atoms with Crippen molar-refractivity contribution in [1.29, 1.82) is 0 Å². The van der Waals surface area contributed by atoms with Gasteiger partial charge in [0.05, 0.1) is 11.1 Å². The van der Waals surface area contributed by atoms with Gasteiger partial charge in [0.15, 0.2) is 5.76 Å². The maximum absolute atomic E-state index is 12.6. The van der Waals surface area contributed by atoms with Gasteiger partial charge in [-0.25, -0.2) is 4.79 Å². The molecule has 0 spiro atoms. The van der Waals surface area contributed by atoms with Crippen molar-refractivity contribution in [2.75, 3.05) is 0 Å². The van der Waals surface area contributed by atoms with E-state index in [1.54, 1.807) is 36.4 Å². The van der Waals surface area contributed by atoms with Crippen molar-refractivity contribution >= 4 is 29.4 Å². The summed E-state index contributed by atoms with van der Waals surface area (Å²) in [5, 5.41) is 0.448. The molecule has 1 aliphatic heterocycles. The van der Waals surface area contributed by atoms with Crippen LogP contribution in [0.5, 0.6) is 11.5 Å². The molecule has 1 aliphatic rings. The van der Waals surface area contributed by atoms with Crippen LogP contribution in [0.2, 0.25) is 5.02 Å². The van der Waals surface area contributed by atoms with Crippen molar-refractivity contribution in [2.24, 2.45) is 0 Å². The van der Waals surface area contributed by atoms with E-state index in [-0.39, 0.29) is 17.3 Å². The van der Waals surface area contributed by atoms with Gasteiger partial charge in [0.25, 0.3) is 0 Å². The van der Waals surface area contributed by atoms with Crippen molar-refractivity contribution in [1.82, 2.24) is 0 Å². The maximum atomic E-state index is 12.6. The van der Waals surface area contributed by atoms with Crippen molar-refractivity contribution in [3.05, 3.63) is 99.8 Å². The first-order valence-corrected chi connectivity index (χ1v) is 9.01. The smallest absolute Gasteiger partial charge is 0.343 e. The second kappa shape index (κ2) is 7.33. The van der Waals surface area contributed by atoms with Gasteiger partial charge in [0, 0.05) is 11.1 Å². The van der Waals surface area contributed by atoms with Crippen molar-refractivity contribution in [3.63, 3.8) is 0 Å². The summed E-state index contributed by atoms with van der Waals surface area (Å²) in [4.78, 5) is 24.9. The van der Waals surface area contributed by atoms with Crippen LogP contribution in [0.1, 0.15) is 31.8 Å². The fourth-order valence-corrected chi connectivity index (χ4v) is 3.09. The van der Waals surface area contributed by atoms with Gasteiger partial charge < -0.3 is 9.47 Å². The zero-order chi connectivity index (χ0) is 19.7. The highest BCUT2D eigenvalue weighted by molar-refractivity contribution is 6.30. The third-order valence-corrected chi connectivity index (χ3v) is 4.62. The fraction of sp³-hybridized carbons (Fsp3) is 0.0435. The van der Waals surface area contributed by atoms with Crippen LogP contribution in [0.3, 0.4) is 0 Å². The summed E-state index contributed by atoms with van der Waals surface area (Å²) in [6.07, 6.45) is 1.72. The van der Waals surface area contributed by atoms with Gasteiger partial charge in [-0.1, -0.05) is 41.9 Å². The number of ketones is 1. The first-order valence-electron chi connectivity index (χ1n) is 8.63. The normalized spacial score (nSPS) is 13.9. The second-order valence-corrected chi connectivity index (χ2v) is 6.79. The summed E-state index contributed by atoms with van der Waals surface area (Å²) in [6, 6.07) is 18.9. The molecule has 0 saturated heterocycles. The van der Waals surface area contributed by atoms with Crippen molar-refractivity contribution < 1.29 is 19.1 Å². The lowest BCUT2D eigenvalue weighted by Crippen LogP contribution is -2.08. The Morgan fingerprint density at radius 2 is 1.86 bits per heavy atom. The van der Waals surface area contributed by atoms with E-state index in [4.69, 9.17) is 21.1 Å². The number of rotatable bonds is 3. The van der Waals surface area contributed by atoms with E-state index >= 15 is 0 Å². The predicted molar refractivity (Wildman–Crippen MR) is 107 cm³/mol. The van der Waals surface area contributed by atoms with Gasteiger partial charge in [-0.15, -0.1) is 0 Å². The maximum Gasteiger partial charge on any atom is 0.343 e. The quantitative estimate of drug-likeness (QED) is 0.337. The molecule has 0 aromatic heterocycles. The number of carbonyl (C=O) groups is 2. The Hall–Kier alpha value is -3.37. The average molecular weight is 391 g/mol. The molecule has 28 heavy (non-hydrogen) atoms. The number of ether oxygens (including phenoxy) is 2. The SMILES string of the molecule is Cc1ccccc1/C=C1\Oc2cc(OC(=O)c3cccc(Cl)c3)ccc2C1=O. The Labute approximate surface area is 167 Å². The van der Waals surface area contributed by atoms with Crippen LogP contribution in [0.15, 0.2) is 72.5 Å². The van der Waals surface area contributed by atoms with Gasteiger partial charge in [0.1, 0.15) is 11.5 Å². The van der Waals surface area contributed by atoms with Crippen LogP contribution in [-0.4, -0.2) is 11.8 Å². The minimum absolute atomic E-state index is 0.203. The van der Waals surface area contributed by atoms with Crippen LogP contribution in [0.4, 0.5) is 0 Å². The van der Waals surface area contributed by atoms with E-state index in [1.165, 1.54) is 12.1 Å². The minimum Gasteiger partial charge on any atom is -0.452 e. The number of hydrogen-bond donors (Lipinski definition) is 0. The number of hydrogen-bond acceptors (Lipinski definition) is 4. The number of esters is 1. The first kappa shape index (κ1) is 18.0. The number of carbonyl (C=O) groups excluding carboxylic acids is 2. The van der Waals surface area contributed by atoms with Gasteiger partial charge in [-0.3, -0.25) is 4.79 Å². The number of fused-ring (bicyclic) bond motifs is 1. The summed E-state index contributed by atoms with van der Waals surface area (Å²) in [5.41, 5.74) is 2.72. The van der Waals surface area contributed by atoms with E-state index in [2.05, 4.69) is 0 Å². The lowest BCUT2D eigenvalue weighted by molar-refractivity contribution is 0.0734. The molecule has 0 aliphatic carbocycles. The lowest BCUT2D eigenvalue weighted by Gasteiger charge is -2.06. The van der Waals surface area contributed by atoms with Gasteiger partial charge >= 0.3 is 5.97 Å². The molecule has 0 fully saturated rings. The minimum atomic E-state index is -0.539. The third-order valence-electron chi connectivity index (χ3n) is 4.39. The molecule has 5 heteroatoms. The standard InChI is InChI=1S/C23H15ClO4/c1-14-5-2-3-6-15(14)12-21-22(25)19-10-9-18(13-20(19)28-21)27-23(26)16-7-4-8-17(24)11-16/h2-13H,1H3/b21-12-. The number of Topliss-reactive ketones (excluding diaryl/α,β-unsaturated/α-hetero) is 1. The van der Waals surface area contributed by atoms with Crippen LogP contribution >= 0.6 is 11.6 Å². The lowest BCUT2D eigenvalue weighted by atomic mass is 10.1. The molecule has 0 unspecified atom stereocenters. The van der Waals surface area contributed by atoms with Gasteiger partial charge in [-0.05, 0) is 54.5 Å². The largest absolute Gasteiger partial charge is 0.452 e.